The second kappa shape index (κ2) is 30.3. The molecule has 0 aliphatic carbocycles. The monoisotopic (exact) mass is 1250 g/mol. The zero-order valence-electron chi connectivity index (χ0n) is 52.0. The highest BCUT2D eigenvalue weighted by Crippen LogP contribution is 2.34. The van der Waals surface area contributed by atoms with Crippen LogP contribution in [0.4, 0.5) is 16.4 Å². The molecule has 10 aromatic rings. The summed E-state index contributed by atoms with van der Waals surface area (Å²) in [5, 5.41) is 9.52. The highest BCUT2D eigenvalue weighted by atomic mass is 35.5. The van der Waals surface area contributed by atoms with Crippen molar-refractivity contribution in [2.75, 3.05) is 63.3 Å². The summed E-state index contributed by atoms with van der Waals surface area (Å²) in [4.78, 5) is 71.6. The fourth-order valence-electron chi connectivity index (χ4n) is 11.3. The van der Waals surface area contributed by atoms with E-state index >= 15 is 0 Å². The average Bonchev–Trinajstić information content (AvgIpc) is 1.51. The van der Waals surface area contributed by atoms with Gasteiger partial charge in [0.05, 0.1) is 61.9 Å². The SMILES string of the molecule is COC(=O)[C@@H]1CN(c2cc(-c3ccccc3)n(-c3ccccc3)n2)CCN1C(=O)C(c1ccccc1)c1ccccc1.COC(=O)[C@@H]1CN(c2cc(-c3ccccc3)n(-c3ccccc3)n2)CCN1C(=O)OC(C)(C)C.O=C(Cl)C(c1ccccc1)c1ccccc1. The van der Waals surface area contributed by atoms with Crippen LogP contribution in [-0.2, 0) is 33.4 Å². The first kappa shape index (κ1) is 64.4. The lowest BCUT2D eigenvalue weighted by molar-refractivity contribution is -0.153. The number of halogens is 1. The molecule has 12 rings (SSSR count). The molecule has 2 fully saturated rings. The number of carbonyl (C=O) groups is 5. The Kier molecular flexibility index (Phi) is 21.2. The number of esters is 2. The number of nitrogens with zero attached hydrogens (tertiary/aromatic N) is 8. The van der Waals surface area contributed by atoms with Crippen LogP contribution in [0.25, 0.3) is 33.9 Å². The maximum absolute atomic E-state index is 14.3. The summed E-state index contributed by atoms with van der Waals surface area (Å²) in [5.74, 6) is -0.499. The fourth-order valence-corrected chi connectivity index (χ4v) is 11.6. The third-order valence-electron chi connectivity index (χ3n) is 15.8. The summed E-state index contributed by atoms with van der Waals surface area (Å²) in [6, 6.07) is 81.1. The zero-order valence-corrected chi connectivity index (χ0v) is 52.8. The molecule has 2 saturated heterocycles. The predicted octanol–water partition coefficient (Wildman–Crippen LogP) is 13.3. The van der Waals surface area contributed by atoms with Crippen LogP contribution in [0.5, 0.6) is 0 Å². The highest BCUT2D eigenvalue weighted by Gasteiger charge is 2.42. The zero-order chi connectivity index (χ0) is 64.6. The lowest BCUT2D eigenvalue weighted by Crippen LogP contribution is -2.59. The molecule has 0 radical (unpaired) electrons. The molecule has 8 aromatic carbocycles. The van der Waals surface area contributed by atoms with Crippen molar-refractivity contribution in [3.05, 3.63) is 277 Å². The second-order valence-corrected chi connectivity index (χ2v) is 23.4. The van der Waals surface area contributed by atoms with Gasteiger partial charge < -0.3 is 28.9 Å². The number of methoxy groups -OCH3 is 2. The molecule has 2 atom stereocenters. The van der Waals surface area contributed by atoms with Crippen molar-refractivity contribution in [1.82, 2.24) is 29.4 Å². The number of aromatic nitrogens is 4. The van der Waals surface area contributed by atoms with Gasteiger partial charge in [-0.1, -0.05) is 218 Å². The number of ether oxygens (including phenoxy) is 3. The van der Waals surface area contributed by atoms with Gasteiger partial charge in [0.2, 0.25) is 11.1 Å². The maximum Gasteiger partial charge on any atom is 0.411 e. The number of benzene rings is 8. The van der Waals surface area contributed by atoms with Crippen LogP contribution in [0.3, 0.4) is 0 Å². The number of rotatable bonds is 14. The predicted molar refractivity (Wildman–Crippen MR) is 359 cm³/mol. The standard InChI is InChI=1S/C35H32N4O3.C26H30N4O4.C14H11ClO/c1-42-35(41)31-25-37(32-24-30(26-14-6-2-7-15-26)39(36-32)29-20-12-5-13-21-29)22-23-38(31)34(40)33(27-16-8-3-9-17-27)28-18-10-4-11-19-28;1-26(2,3)34-25(32)29-16-15-28(18-22(29)24(31)33-4)23-17-21(19-11-7-5-8-12-19)30(27-23)20-13-9-6-10-14-20;15-14(16)13(11-7-3-1-4-8-11)12-9-5-2-6-10-12/h2-21,24,31,33H,22-23,25H2,1H3;5-14,17,22H,15-16,18H2,1-4H3;1-10,13H/t31-;22-;/m00./s1. The third kappa shape index (κ3) is 15.7. The summed E-state index contributed by atoms with van der Waals surface area (Å²) < 4.78 is 19.6. The summed E-state index contributed by atoms with van der Waals surface area (Å²) in [6.07, 6.45) is -0.526. The van der Waals surface area contributed by atoms with Crippen LogP contribution in [0.15, 0.2) is 255 Å². The van der Waals surface area contributed by atoms with Gasteiger partial charge in [-0.2, -0.15) is 0 Å². The van der Waals surface area contributed by atoms with E-state index in [4.69, 9.17) is 36.0 Å². The topological polar surface area (TPSA) is 162 Å². The van der Waals surface area contributed by atoms with Crippen LogP contribution in [-0.4, -0.2) is 130 Å². The van der Waals surface area contributed by atoms with Crippen LogP contribution in [0, 0.1) is 0 Å². The van der Waals surface area contributed by atoms with Gasteiger partial charge in [0.1, 0.15) is 11.6 Å². The Hall–Kier alpha value is -10.6. The minimum atomic E-state index is -0.796. The van der Waals surface area contributed by atoms with E-state index in [2.05, 4.69) is 17.0 Å². The van der Waals surface area contributed by atoms with Crippen molar-refractivity contribution in [3.63, 3.8) is 0 Å². The molecule has 0 bridgehead atoms. The van der Waals surface area contributed by atoms with E-state index in [-0.39, 0.29) is 30.2 Å². The minimum Gasteiger partial charge on any atom is -0.467 e. The molecule has 16 nitrogen and oxygen atoms in total. The van der Waals surface area contributed by atoms with E-state index in [0.29, 0.717) is 26.2 Å². The van der Waals surface area contributed by atoms with Gasteiger partial charge in [-0.05, 0) is 78.9 Å². The smallest absolute Gasteiger partial charge is 0.411 e. The summed E-state index contributed by atoms with van der Waals surface area (Å²) in [6.45, 7) is 7.63. The van der Waals surface area contributed by atoms with Crippen molar-refractivity contribution in [3.8, 4) is 33.9 Å². The van der Waals surface area contributed by atoms with E-state index in [9.17, 15) is 24.0 Å². The Morgan fingerprint density at radius 3 is 1.09 bits per heavy atom. The first-order chi connectivity index (χ1) is 44.7. The molecule has 2 amide bonds. The molecule has 0 N–H and O–H groups in total. The maximum atomic E-state index is 14.3. The second-order valence-electron chi connectivity index (χ2n) is 23.0. The van der Waals surface area contributed by atoms with Crippen molar-refractivity contribution >= 4 is 52.4 Å². The fraction of sp³-hybridized carbons (Fsp3) is 0.213. The summed E-state index contributed by atoms with van der Waals surface area (Å²) in [7, 11) is 2.69. The number of piperazine rings is 2. The van der Waals surface area contributed by atoms with Crippen molar-refractivity contribution in [2.45, 2.75) is 50.3 Å². The number of anilines is 2. The van der Waals surface area contributed by atoms with Crippen molar-refractivity contribution in [2.24, 2.45) is 0 Å². The normalized spacial score (nSPS) is 14.7. The van der Waals surface area contributed by atoms with E-state index in [1.807, 2.05) is 257 Å². The molecule has 2 aliphatic heterocycles. The first-order valence-electron chi connectivity index (χ1n) is 30.5. The van der Waals surface area contributed by atoms with Crippen molar-refractivity contribution < 1.29 is 38.2 Å². The lowest BCUT2D eigenvalue weighted by Gasteiger charge is -2.41. The number of hydrogen-bond donors (Lipinski definition) is 0. The molecule has 4 heterocycles. The van der Waals surface area contributed by atoms with E-state index in [0.717, 1.165) is 67.8 Å². The average molecular weight is 1250 g/mol. The highest BCUT2D eigenvalue weighted by molar-refractivity contribution is 6.65. The first-order valence-corrected chi connectivity index (χ1v) is 30.8. The molecule has 468 valence electrons. The van der Waals surface area contributed by atoms with Crippen LogP contribution < -0.4 is 9.80 Å². The Bertz CT molecular complexity index is 3840. The van der Waals surface area contributed by atoms with Gasteiger partial charge in [-0.15, -0.1) is 10.2 Å². The van der Waals surface area contributed by atoms with Gasteiger partial charge in [0, 0.05) is 49.4 Å². The quantitative estimate of drug-likeness (QED) is 0.0576. The Labute approximate surface area is 541 Å². The van der Waals surface area contributed by atoms with Gasteiger partial charge in [0.25, 0.3) is 0 Å². The molecule has 0 saturated carbocycles. The van der Waals surface area contributed by atoms with Gasteiger partial charge in [-0.3, -0.25) is 14.5 Å². The van der Waals surface area contributed by atoms with Crippen LogP contribution >= 0.6 is 11.6 Å². The van der Waals surface area contributed by atoms with Gasteiger partial charge >= 0.3 is 18.0 Å². The van der Waals surface area contributed by atoms with Gasteiger partial charge in [0.15, 0.2) is 17.7 Å². The van der Waals surface area contributed by atoms with Crippen LogP contribution in [0.1, 0.15) is 54.9 Å². The molecule has 2 aliphatic rings. The molecule has 0 spiro atoms. The van der Waals surface area contributed by atoms with Crippen molar-refractivity contribution in [1.29, 1.82) is 0 Å². The molecular weight excluding hydrogens is 1180 g/mol. The Balaban J connectivity index is 0.000000165. The van der Waals surface area contributed by atoms with E-state index in [1.165, 1.54) is 19.1 Å². The molecule has 0 unspecified atom stereocenters. The Morgan fingerprint density at radius 2 is 0.750 bits per heavy atom. The third-order valence-corrected chi connectivity index (χ3v) is 16.0. The lowest BCUT2D eigenvalue weighted by atomic mass is 9.89. The number of amides is 2. The van der Waals surface area contributed by atoms with Crippen LogP contribution in [0.2, 0.25) is 0 Å². The number of carbonyl (C=O) groups excluding carboxylic acids is 5. The van der Waals surface area contributed by atoms with E-state index < -0.39 is 41.6 Å². The number of hydrogen-bond acceptors (Lipinski definition) is 12. The Morgan fingerprint density at radius 1 is 0.435 bits per heavy atom. The molecular formula is C75H73ClN8O8. The largest absolute Gasteiger partial charge is 0.467 e. The summed E-state index contributed by atoms with van der Waals surface area (Å²) >= 11 is 5.67. The molecule has 17 heteroatoms. The van der Waals surface area contributed by atoms with E-state index in [1.54, 1.807) is 25.7 Å². The number of para-hydroxylation sites is 2. The summed E-state index contributed by atoms with van der Waals surface area (Å²) in [5.41, 5.74) is 8.77. The molecule has 92 heavy (non-hydrogen) atoms. The minimum absolute atomic E-state index is 0.123. The van der Waals surface area contributed by atoms with Gasteiger partial charge in [-0.25, -0.2) is 23.7 Å². The molecule has 2 aromatic heterocycles.